The minimum atomic E-state index is -3.62. The van der Waals surface area contributed by atoms with Gasteiger partial charge in [-0.15, -0.1) is 0 Å². The Morgan fingerprint density at radius 1 is 1.24 bits per heavy atom. The van der Waals surface area contributed by atoms with Crippen molar-refractivity contribution < 1.29 is 17.2 Å². The maximum Gasteiger partial charge on any atom is 0.282 e. The highest BCUT2D eigenvalue weighted by Crippen LogP contribution is 2.24. The molecule has 1 unspecified atom stereocenters. The SMILES string of the molecule is CC(c1ccc(F)c(F)c1)N(C)S(=O)(=O)N1CCNCC1. The van der Waals surface area contributed by atoms with Crippen LogP contribution in [0.5, 0.6) is 0 Å². The molecule has 1 heterocycles. The fourth-order valence-electron chi connectivity index (χ4n) is 2.24. The molecular formula is C13H19F2N3O2S. The summed E-state index contributed by atoms with van der Waals surface area (Å²) in [7, 11) is -2.17. The number of rotatable bonds is 4. The summed E-state index contributed by atoms with van der Waals surface area (Å²) in [6.45, 7) is 3.65. The van der Waals surface area contributed by atoms with Crippen LogP contribution in [0.25, 0.3) is 0 Å². The van der Waals surface area contributed by atoms with Crippen molar-refractivity contribution in [3.63, 3.8) is 0 Å². The molecule has 2 rings (SSSR count). The molecule has 1 aliphatic rings. The molecular weight excluding hydrogens is 300 g/mol. The van der Waals surface area contributed by atoms with Crippen molar-refractivity contribution in [2.24, 2.45) is 0 Å². The smallest absolute Gasteiger partial charge is 0.282 e. The van der Waals surface area contributed by atoms with Crippen LogP contribution >= 0.6 is 0 Å². The largest absolute Gasteiger partial charge is 0.314 e. The summed E-state index contributed by atoms with van der Waals surface area (Å²) in [5.41, 5.74) is 0.412. The van der Waals surface area contributed by atoms with Crippen LogP contribution in [0.1, 0.15) is 18.5 Å². The standard InChI is InChI=1S/C13H19F2N3O2S/c1-10(11-3-4-12(14)13(15)9-11)17(2)21(19,20)18-7-5-16-6-8-18/h3-4,9-10,16H,5-8H2,1-2H3. The Bertz CT molecular complexity index is 603. The van der Waals surface area contributed by atoms with E-state index in [1.807, 2.05) is 0 Å². The Labute approximate surface area is 123 Å². The Balaban J connectivity index is 2.20. The van der Waals surface area contributed by atoms with E-state index in [0.717, 1.165) is 12.1 Å². The molecule has 1 aromatic carbocycles. The molecule has 1 fully saturated rings. The van der Waals surface area contributed by atoms with Gasteiger partial charge in [-0.25, -0.2) is 8.78 Å². The van der Waals surface area contributed by atoms with Crippen LogP contribution in [0.4, 0.5) is 8.78 Å². The highest BCUT2D eigenvalue weighted by atomic mass is 32.2. The minimum absolute atomic E-state index is 0.400. The first-order valence-corrected chi connectivity index (χ1v) is 8.12. The summed E-state index contributed by atoms with van der Waals surface area (Å²) in [6.07, 6.45) is 0. The normalized spacial score (nSPS) is 18.9. The quantitative estimate of drug-likeness (QED) is 0.904. The average molecular weight is 319 g/mol. The van der Waals surface area contributed by atoms with Crippen LogP contribution in [0.2, 0.25) is 0 Å². The van der Waals surface area contributed by atoms with E-state index in [0.29, 0.717) is 31.7 Å². The van der Waals surface area contributed by atoms with Gasteiger partial charge >= 0.3 is 0 Å². The summed E-state index contributed by atoms with van der Waals surface area (Å²) in [4.78, 5) is 0. The Kier molecular flexibility index (Phi) is 4.92. The van der Waals surface area contributed by atoms with E-state index in [2.05, 4.69) is 5.32 Å². The van der Waals surface area contributed by atoms with Gasteiger partial charge in [0.1, 0.15) is 0 Å². The molecule has 0 spiro atoms. The number of nitrogens with one attached hydrogen (secondary N) is 1. The van der Waals surface area contributed by atoms with E-state index in [-0.39, 0.29) is 0 Å². The first-order valence-electron chi connectivity index (χ1n) is 6.73. The fourth-order valence-corrected chi connectivity index (χ4v) is 3.77. The second-order valence-electron chi connectivity index (χ2n) is 5.02. The Morgan fingerprint density at radius 3 is 2.43 bits per heavy atom. The van der Waals surface area contributed by atoms with E-state index in [9.17, 15) is 17.2 Å². The summed E-state index contributed by atoms with van der Waals surface area (Å²) < 4.78 is 53.8. The second-order valence-corrected chi connectivity index (χ2v) is 7.01. The molecule has 5 nitrogen and oxygen atoms in total. The third kappa shape index (κ3) is 3.39. The van der Waals surface area contributed by atoms with Crippen LogP contribution in [-0.2, 0) is 10.2 Å². The monoisotopic (exact) mass is 319 g/mol. The molecule has 1 saturated heterocycles. The minimum Gasteiger partial charge on any atom is -0.314 e. The zero-order chi connectivity index (χ0) is 15.6. The van der Waals surface area contributed by atoms with Gasteiger partial charge in [-0.2, -0.15) is 17.0 Å². The lowest BCUT2D eigenvalue weighted by molar-refractivity contribution is 0.305. The summed E-state index contributed by atoms with van der Waals surface area (Å²) in [6, 6.07) is 2.85. The van der Waals surface area contributed by atoms with Crippen molar-refractivity contribution in [1.82, 2.24) is 13.9 Å². The van der Waals surface area contributed by atoms with Gasteiger partial charge < -0.3 is 5.32 Å². The van der Waals surface area contributed by atoms with Crippen LogP contribution < -0.4 is 5.32 Å². The Hall–Kier alpha value is -1.09. The molecule has 0 bridgehead atoms. The molecule has 0 radical (unpaired) electrons. The van der Waals surface area contributed by atoms with Gasteiger partial charge in [0.05, 0.1) is 0 Å². The molecule has 1 N–H and O–H groups in total. The van der Waals surface area contributed by atoms with Crippen LogP contribution in [-0.4, -0.2) is 50.3 Å². The Morgan fingerprint density at radius 2 is 1.86 bits per heavy atom. The number of hydrogen-bond acceptors (Lipinski definition) is 3. The first-order chi connectivity index (χ1) is 9.84. The number of hydrogen-bond donors (Lipinski definition) is 1. The molecule has 1 aliphatic heterocycles. The topological polar surface area (TPSA) is 52.7 Å². The van der Waals surface area contributed by atoms with Gasteiger partial charge in [0, 0.05) is 39.3 Å². The predicted molar refractivity (Wildman–Crippen MR) is 75.9 cm³/mol. The molecule has 1 aromatic rings. The van der Waals surface area contributed by atoms with Crippen molar-refractivity contribution in [2.45, 2.75) is 13.0 Å². The lowest BCUT2D eigenvalue weighted by Crippen LogP contribution is -2.51. The summed E-state index contributed by atoms with van der Waals surface area (Å²) in [5.74, 6) is -1.93. The molecule has 0 saturated carbocycles. The summed E-state index contributed by atoms with van der Waals surface area (Å²) >= 11 is 0. The lowest BCUT2D eigenvalue weighted by Gasteiger charge is -2.33. The number of halogens is 2. The van der Waals surface area contributed by atoms with Crippen molar-refractivity contribution in [3.8, 4) is 0 Å². The maximum atomic E-state index is 13.3. The van der Waals surface area contributed by atoms with Crippen molar-refractivity contribution in [1.29, 1.82) is 0 Å². The fraction of sp³-hybridized carbons (Fsp3) is 0.538. The van der Waals surface area contributed by atoms with Gasteiger partial charge in [-0.05, 0) is 24.6 Å². The number of benzene rings is 1. The van der Waals surface area contributed by atoms with Crippen molar-refractivity contribution in [3.05, 3.63) is 35.4 Å². The second kappa shape index (κ2) is 6.35. The van der Waals surface area contributed by atoms with Gasteiger partial charge in [-0.1, -0.05) is 6.07 Å². The molecule has 1 atom stereocenters. The summed E-state index contributed by atoms with van der Waals surface area (Å²) in [5, 5.41) is 3.08. The van der Waals surface area contributed by atoms with Crippen LogP contribution in [0.3, 0.4) is 0 Å². The number of piperazine rings is 1. The molecule has 0 aromatic heterocycles. The van der Waals surface area contributed by atoms with Gasteiger partial charge in [0.15, 0.2) is 11.6 Å². The third-order valence-electron chi connectivity index (χ3n) is 3.74. The third-order valence-corrected chi connectivity index (χ3v) is 5.80. The first kappa shape index (κ1) is 16.3. The number of nitrogens with zero attached hydrogens (tertiary/aromatic N) is 2. The van der Waals surface area contributed by atoms with E-state index in [1.54, 1.807) is 6.92 Å². The molecule has 8 heteroatoms. The van der Waals surface area contributed by atoms with E-state index < -0.39 is 27.9 Å². The lowest BCUT2D eigenvalue weighted by atomic mass is 10.1. The highest BCUT2D eigenvalue weighted by Gasteiger charge is 2.31. The van der Waals surface area contributed by atoms with Crippen LogP contribution in [0.15, 0.2) is 18.2 Å². The maximum absolute atomic E-state index is 13.3. The zero-order valence-corrected chi connectivity index (χ0v) is 12.8. The van der Waals surface area contributed by atoms with Gasteiger partial charge in [0.2, 0.25) is 0 Å². The van der Waals surface area contributed by atoms with Gasteiger partial charge in [0.25, 0.3) is 10.2 Å². The van der Waals surface area contributed by atoms with E-state index >= 15 is 0 Å². The molecule has 0 aliphatic carbocycles. The highest BCUT2D eigenvalue weighted by molar-refractivity contribution is 7.86. The predicted octanol–water partition coefficient (Wildman–Crippen LogP) is 1.11. The van der Waals surface area contributed by atoms with E-state index in [4.69, 9.17) is 0 Å². The average Bonchev–Trinajstić information content (AvgIpc) is 2.49. The molecule has 118 valence electrons. The van der Waals surface area contributed by atoms with Crippen molar-refractivity contribution in [2.75, 3.05) is 33.2 Å². The van der Waals surface area contributed by atoms with Crippen molar-refractivity contribution >= 4 is 10.2 Å². The molecule has 0 amide bonds. The molecule has 21 heavy (non-hydrogen) atoms. The zero-order valence-electron chi connectivity index (χ0n) is 12.0. The van der Waals surface area contributed by atoms with E-state index in [1.165, 1.54) is 21.7 Å². The van der Waals surface area contributed by atoms with Gasteiger partial charge in [-0.3, -0.25) is 0 Å². The van der Waals surface area contributed by atoms with Crippen LogP contribution in [0, 0.1) is 11.6 Å².